The van der Waals surface area contributed by atoms with Crippen LogP contribution in [-0.4, -0.2) is 55.8 Å². The molecule has 1 unspecified atom stereocenters. The Kier molecular flexibility index (Phi) is 6.77. The van der Waals surface area contributed by atoms with E-state index in [-0.39, 0.29) is 30.2 Å². The Hall–Kier alpha value is -1.44. The maximum atomic E-state index is 13.6. The molecule has 1 atom stereocenters. The van der Waals surface area contributed by atoms with Crippen molar-refractivity contribution in [3.05, 3.63) is 29.8 Å². The van der Waals surface area contributed by atoms with Crippen LogP contribution in [0.4, 0.5) is 8.78 Å². The molecule has 0 radical (unpaired) electrons. The zero-order valence-corrected chi connectivity index (χ0v) is 14.0. The van der Waals surface area contributed by atoms with Crippen LogP contribution in [0.15, 0.2) is 18.2 Å². The van der Waals surface area contributed by atoms with E-state index in [1.165, 1.54) is 12.1 Å². The van der Waals surface area contributed by atoms with Crippen LogP contribution in [0.25, 0.3) is 0 Å². The predicted molar refractivity (Wildman–Crippen MR) is 86.4 cm³/mol. The number of morpholine rings is 1. The van der Waals surface area contributed by atoms with Crippen LogP contribution in [0, 0.1) is 11.6 Å². The highest BCUT2D eigenvalue weighted by Gasteiger charge is 2.30. The Balaban J connectivity index is 0.00000208. The first-order valence-corrected chi connectivity index (χ1v) is 7.86. The summed E-state index contributed by atoms with van der Waals surface area (Å²) >= 11 is 0. The molecule has 0 spiro atoms. The largest absolute Gasteiger partial charge is 0.487 e. The Morgan fingerprint density at radius 1 is 1.29 bits per heavy atom. The fourth-order valence-corrected chi connectivity index (χ4v) is 2.87. The molecule has 0 saturated carbocycles. The standard InChI is InChI=1S/C16H20F2N2O3.ClH/c17-11-1-2-14(13(18)9-11)23-12-3-6-20(7-4-12)16(21)15-10-19-5-8-22-15;/h1-2,9,12,15,19H,3-8,10H2;1H. The molecule has 0 bridgehead atoms. The van der Waals surface area contributed by atoms with Crippen LogP contribution in [0.1, 0.15) is 12.8 Å². The zero-order chi connectivity index (χ0) is 16.2. The zero-order valence-electron chi connectivity index (χ0n) is 13.2. The monoisotopic (exact) mass is 362 g/mol. The number of carbonyl (C=O) groups is 1. The van der Waals surface area contributed by atoms with Crippen molar-refractivity contribution in [2.75, 3.05) is 32.8 Å². The summed E-state index contributed by atoms with van der Waals surface area (Å²) < 4.78 is 37.6. The summed E-state index contributed by atoms with van der Waals surface area (Å²) in [6, 6.07) is 3.27. The highest BCUT2D eigenvalue weighted by atomic mass is 35.5. The van der Waals surface area contributed by atoms with Gasteiger partial charge in [0.15, 0.2) is 11.6 Å². The molecular weight excluding hydrogens is 342 g/mol. The minimum atomic E-state index is -0.704. The molecule has 5 nitrogen and oxygen atoms in total. The lowest BCUT2D eigenvalue weighted by Gasteiger charge is -2.35. The maximum absolute atomic E-state index is 13.6. The Bertz CT molecular complexity index is 562. The van der Waals surface area contributed by atoms with Crippen molar-refractivity contribution in [1.29, 1.82) is 0 Å². The van der Waals surface area contributed by atoms with Crippen molar-refractivity contribution >= 4 is 18.3 Å². The fourth-order valence-electron chi connectivity index (χ4n) is 2.87. The number of nitrogens with one attached hydrogen (secondary N) is 1. The molecule has 0 aliphatic carbocycles. The second-order valence-electron chi connectivity index (χ2n) is 5.78. The van der Waals surface area contributed by atoms with Crippen molar-refractivity contribution in [2.24, 2.45) is 0 Å². The number of nitrogens with zero attached hydrogens (tertiary/aromatic N) is 1. The first kappa shape index (κ1) is 18.9. The molecule has 3 rings (SSSR count). The van der Waals surface area contributed by atoms with Gasteiger partial charge < -0.3 is 19.7 Å². The van der Waals surface area contributed by atoms with E-state index >= 15 is 0 Å². The average Bonchev–Trinajstić information content (AvgIpc) is 2.58. The SMILES string of the molecule is Cl.O=C(C1CNCCO1)N1CCC(Oc2ccc(F)cc2F)CC1. The third-order valence-electron chi connectivity index (χ3n) is 4.14. The van der Waals surface area contributed by atoms with Crippen LogP contribution in [-0.2, 0) is 9.53 Å². The third kappa shape index (κ3) is 4.55. The number of hydrogen-bond donors (Lipinski definition) is 1. The van der Waals surface area contributed by atoms with Gasteiger partial charge >= 0.3 is 0 Å². The van der Waals surface area contributed by atoms with Gasteiger partial charge in [-0.05, 0) is 12.1 Å². The summed E-state index contributed by atoms with van der Waals surface area (Å²) in [5.41, 5.74) is 0. The summed E-state index contributed by atoms with van der Waals surface area (Å²) in [5.74, 6) is -1.29. The number of rotatable bonds is 3. The lowest BCUT2D eigenvalue weighted by atomic mass is 10.1. The Morgan fingerprint density at radius 3 is 2.67 bits per heavy atom. The predicted octanol–water partition coefficient (Wildman–Crippen LogP) is 1.74. The number of amides is 1. The van der Waals surface area contributed by atoms with Gasteiger partial charge in [-0.1, -0.05) is 0 Å². The quantitative estimate of drug-likeness (QED) is 0.890. The van der Waals surface area contributed by atoms with Gasteiger partial charge in [0.2, 0.25) is 0 Å². The number of halogens is 3. The van der Waals surface area contributed by atoms with Gasteiger partial charge in [0, 0.05) is 45.1 Å². The third-order valence-corrected chi connectivity index (χ3v) is 4.14. The maximum Gasteiger partial charge on any atom is 0.253 e. The van der Waals surface area contributed by atoms with Crippen molar-refractivity contribution in [1.82, 2.24) is 10.2 Å². The fraction of sp³-hybridized carbons (Fsp3) is 0.562. The minimum Gasteiger partial charge on any atom is -0.487 e. The van der Waals surface area contributed by atoms with Crippen molar-refractivity contribution in [3.8, 4) is 5.75 Å². The van der Waals surface area contributed by atoms with E-state index in [4.69, 9.17) is 9.47 Å². The van der Waals surface area contributed by atoms with Crippen LogP contribution in [0.5, 0.6) is 5.75 Å². The van der Waals surface area contributed by atoms with Gasteiger partial charge in [-0.15, -0.1) is 12.4 Å². The van der Waals surface area contributed by atoms with Gasteiger partial charge in [0.1, 0.15) is 18.0 Å². The molecule has 1 N–H and O–H groups in total. The van der Waals surface area contributed by atoms with Gasteiger partial charge in [-0.3, -0.25) is 4.79 Å². The summed E-state index contributed by atoms with van der Waals surface area (Å²) in [6.07, 6.45) is 0.631. The van der Waals surface area contributed by atoms with Gasteiger partial charge in [-0.2, -0.15) is 0 Å². The van der Waals surface area contributed by atoms with E-state index in [9.17, 15) is 13.6 Å². The van der Waals surface area contributed by atoms with Crippen LogP contribution in [0.2, 0.25) is 0 Å². The molecule has 2 heterocycles. The van der Waals surface area contributed by atoms with Crippen molar-refractivity contribution in [3.63, 3.8) is 0 Å². The summed E-state index contributed by atoms with van der Waals surface area (Å²) in [6.45, 7) is 2.94. The number of piperidine rings is 1. The van der Waals surface area contributed by atoms with E-state index in [1.54, 1.807) is 4.90 Å². The first-order chi connectivity index (χ1) is 11.1. The van der Waals surface area contributed by atoms with E-state index in [1.807, 2.05) is 0 Å². The van der Waals surface area contributed by atoms with Crippen LogP contribution >= 0.6 is 12.4 Å². The molecule has 2 aliphatic rings. The molecular formula is C16H21ClF2N2O3. The highest BCUT2D eigenvalue weighted by molar-refractivity contribution is 5.85. The molecule has 1 aromatic carbocycles. The molecule has 8 heteroatoms. The molecule has 1 amide bonds. The van der Waals surface area contributed by atoms with Gasteiger partial charge in [0.25, 0.3) is 5.91 Å². The smallest absolute Gasteiger partial charge is 0.253 e. The molecule has 134 valence electrons. The van der Waals surface area contributed by atoms with Crippen molar-refractivity contribution in [2.45, 2.75) is 25.0 Å². The van der Waals surface area contributed by atoms with E-state index in [0.717, 1.165) is 12.6 Å². The lowest BCUT2D eigenvalue weighted by Crippen LogP contribution is -2.52. The summed E-state index contributed by atoms with van der Waals surface area (Å²) in [5, 5.41) is 3.14. The molecule has 24 heavy (non-hydrogen) atoms. The number of likely N-dealkylation sites (tertiary alicyclic amines) is 1. The number of hydrogen-bond acceptors (Lipinski definition) is 4. The second-order valence-corrected chi connectivity index (χ2v) is 5.78. The molecule has 0 aromatic heterocycles. The van der Waals surface area contributed by atoms with Crippen LogP contribution < -0.4 is 10.1 Å². The molecule has 2 fully saturated rings. The highest BCUT2D eigenvalue weighted by Crippen LogP contribution is 2.23. The van der Waals surface area contributed by atoms with E-state index in [2.05, 4.69) is 5.32 Å². The summed E-state index contributed by atoms with van der Waals surface area (Å²) in [4.78, 5) is 14.1. The van der Waals surface area contributed by atoms with Gasteiger partial charge in [-0.25, -0.2) is 8.78 Å². The normalized spacial score (nSPS) is 21.9. The van der Waals surface area contributed by atoms with Crippen molar-refractivity contribution < 1.29 is 23.0 Å². The van der Waals surface area contributed by atoms with Crippen LogP contribution in [0.3, 0.4) is 0 Å². The van der Waals surface area contributed by atoms with E-state index in [0.29, 0.717) is 39.1 Å². The Morgan fingerprint density at radius 2 is 2.04 bits per heavy atom. The van der Waals surface area contributed by atoms with Gasteiger partial charge in [0.05, 0.1) is 6.61 Å². The number of benzene rings is 1. The molecule has 2 aliphatic heterocycles. The lowest BCUT2D eigenvalue weighted by molar-refractivity contribution is -0.147. The first-order valence-electron chi connectivity index (χ1n) is 7.86. The molecule has 2 saturated heterocycles. The number of ether oxygens (including phenoxy) is 2. The minimum absolute atomic E-state index is 0. The average molecular weight is 363 g/mol. The number of carbonyl (C=O) groups excluding carboxylic acids is 1. The summed E-state index contributed by atoms with van der Waals surface area (Å²) in [7, 11) is 0. The Labute approximate surface area is 145 Å². The second kappa shape index (κ2) is 8.60. The molecule has 1 aromatic rings. The van der Waals surface area contributed by atoms with E-state index < -0.39 is 17.7 Å². The topological polar surface area (TPSA) is 50.8 Å².